The predicted molar refractivity (Wildman–Crippen MR) is 104 cm³/mol. The molecule has 1 aliphatic rings. The molecule has 0 radical (unpaired) electrons. The van der Waals surface area contributed by atoms with Crippen molar-refractivity contribution < 1.29 is 0 Å². The Labute approximate surface area is 147 Å². The van der Waals surface area contributed by atoms with Gasteiger partial charge in [-0.2, -0.15) is 0 Å². The highest BCUT2D eigenvalue weighted by molar-refractivity contribution is 5.83. The second-order valence-electron chi connectivity index (χ2n) is 7.08. The first-order valence-corrected chi connectivity index (χ1v) is 9.27. The minimum absolute atomic E-state index is 1.15. The summed E-state index contributed by atoms with van der Waals surface area (Å²) in [6, 6.07) is 17.9. The van der Waals surface area contributed by atoms with Gasteiger partial charge in [-0.25, -0.2) is 0 Å². The van der Waals surface area contributed by atoms with Gasteiger partial charge in [-0.15, -0.1) is 0 Å². The normalized spacial score (nSPS) is 13.4. The third kappa shape index (κ3) is 4.15. The van der Waals surface area contributed by atoms with Crippen molar-refractivity contribution in [2.75, 3.05) is 20.6 Å². The molecule has 1 heteroatoms. The van der Waals surface area contributed by atoms with E-state index in [4.69, 9.17) is 0 Å². The fraction of sp³-hybridized carbons (Fsp3) is 0.391. The van der Waals surface area contributed by atoms with E-state index in [1.807, 2.05) is 0 Å². The molecule has 0 spiro atoms. The molecule has 0 N–H and O–H groups in total. The van der Waals surface area contributed by atoms with Crippen LogP contribution in [0.3, 0.4) is 0 Å². The van der Waals surface area contributed by atoms with Crippen LogP contribution in [0, 0.1) is 0 Å². The zero-order valence-electron chi connectivity index (χ0n) is 15.1. The Hall–Kier alpha value is -1.86. The van der Waals surface area contributed by atoms with Crippen LogP contribution in [0.25, 0.3) is 5.57 Å². The Kier molecular flexibility index (Phi) is 5.87. The van der Waals surface area contributed by atoms with E-state index in [0.29, 0.717) is 0 Å². The van der Waals surface area contributed by atoms with Crippen molar-refractivity contribution in [3.63, 3.8) is 0 Å². The maximum Gasteiger partial charge on any atom is -0.00248 e. The van der Waals surface area contributed by atoms with Crippen LogP contribution in [0.5, 0.6) is 0 Å². The van der Waals surface area contributed by atoms with Crippen LogP contribution in [0.15, 0.2) is 54.6 Å². The highest BCUT2D eigenvalue weighted by atomic mass is 15.0. The van der Waals surface area contributed by atoms with Crippen LogP contribution in [0.1, 0.15) is 47.9 Å². The topological polar surface area (TPSA) is 3.24 Å². The summed E-state index contributed by atoms with van der Waals surface area (Å²) in [5.41, 5.74) is 7.32. The molecule has 0 unspecified atom stereocenters. The first-order chi connectivity index (χ1) is 11.8. The van der Waals surface area contributed by atoms with E-state index in [1.165, 1.54) is 60.1 Å². The summed E-state index contributed by atoms with van der Waals surface area (Å²) in [5.74, 6) is 0. The van der Waals surface area contributed by atoms with Gasteiger partial charge in [0.25, 0.3) is 0 Å². The highest BCUT2D eigenvalue weighted by Crippen LogP contribution is 2.33. The molecular weight excluding hydrogens is 290 g/mol. The van der Waals surface area contributed by atoms with Gasteiger partial charge in [-0.3, -0.25) is 0 Å². The van der Waals surface area contributed by atoms with Gasteiger partial charge in [-0.1, -0.05) is 61.0 Å². The van der Waals surface area contributed by atoms with Crippen LogP contribution in [0.2, 0.25) is 0 Å². The summed E-state index contributed by atoms with van der Waals surface area (Å²) >= 11 is 0. The number of allylic oxidation sites excluding steroid dienone is 1. The number of nitrogens with zero attached hydrogens (tertiary/aromatic N) is 1. The number of rotatable bonds is 6. The lowest BCUT2D eigenvalue weighted by atomic mass is 9.93. The second-order valence-corrected chi connectivity index (χ2v) is 7.08. The summed E-state index contributed by atoms with van der Waals surface area (Å²) in [4.78, 5) is 2.27. The molecule has 0 saturated carbocycles. The molecule has 0 aliphatic heterocycles. The minimum Gasteiger partial charge on any atom is -0.309 e. The zero-order chi connectivity index (χ0) is 16.8. The fourth-order valence-corrected chi connectivity index (χ4v) is 3.63. The van der Waals surface area contributed by atoms with Gasteiger partial charge in [-0.05, 0) is 80.6 Å². The molecule has 0 saturated heterocycles. The van der Waals surface area contributed by atoms with E-state index in [1.54, 1.807) is 0 Å². The number of unbranched alkanes of at least 4 members (excludes halogenated alkanes) is 3. The summed E-state index contributed by atoms with van der Waals surface area (Å²) in [6.07, 6.45) is 9.83. The van der Waals surface area contributed by atoms with Gasteiger partial charge >= 0.3 is 0 Å². The Morgan fingerprint density at radius 3 is 1.96 bits per heavy atom. The van der Waals surface area contributed by atoms with E-state index in [9.17, 15) is 0 Å². The average molecular weight is 319 g/mol. The van der Waals surface area contributed by atoms with Crippen molar-refractivity contribution in [2.45, 2.75) is 38.5 Å². The Morgan fingerprint density at radius 2 is 1.38 bits per heavy atom. The molecule has 0 fully saturated rings. The SMILES string of the molecule is CN(C)CCCCCC=C1c2ccccc2CCc2ccccc21. The van der Waals surface area contributed by atoms with Crippen LogP contribution >= 0.6 is 0 Å². The molecule has 1 nitrogen and oxygen atoms in total. The third-order valence-corrected chi connectivity index (χ3v) is 4.94. The molecule has 1 aliphatic carbocycles. The highest BCUT2D eigenvalue weighted by Gasteiger charge is 2.16. The van der Waals surface area contributed by atoms with E-state index >= 15 is 0 Å². The molecular formula is C23H29N. The van der Waals surface area contributed by atoms with E-state index in [-0.39, 0.29) is 0 Å². The molecule has 126 valence electrons. The van der Waals surface area contributed by atoms with Crippen molar-refractivity contribution in [3.05, 3.63) is 76.9 Å². The average Bonchev–Trinajstić information content (AvgIpc) is 2.75. The zero-order valence-corrected chi connectivity index (χ0v) is 15.1. The summed E-state index contributed by atoms with van der Waals surface area (Å²) in [6.45, 7) is 1.20. The molecule has 0 heterocycles. The second kappa shape index (κ2) is 8.30. The maximum atomic E-state index is 2.48. The quantitative estimate of drug-likeness (QED) is 0.650. The van der Waals surface area contributed by atoms with Crippen LogP contribution in [0.4, 0.5) is 0 Å². The number of benzene rings is 2. The van der Waals surface area contributed by atoms with Crippen molar-refractivity contribution in [2.24, 2.45) is 0 Å². The predicted octanol–water partition coefficient (Wildman–Crippen LogP) is 5.34. The summed E-state index contributed by atoms with van der Waals surface area (Å²) < 4.78 is 0. The number of aryl methyl sites for hydroxylation is 2. The summed E-state index contributed by atoms with van der Waals surface area (Å²) in [5, 5.41) is 0. The van der Waals surface area contributed by atoms with Crippen molar-refractivity contribution in [3.8, 4) is 0 Å². The first kappa shape index (κ1) is 17.0. The molecule has 0 aromatic heterocycles. The fourth-order valence-electron chi connectivity index (χ4n) is 3.63. The number of hydrogen-bond acceptors (Lipinski definition) is 1. The van der Waals surface area contributed by atoms with Gasteiger partial charge in [0.2, 0.25) is 0 Å². The van der Waals surface area contributed by atoms with Crippen LogP contribution in [-0.2, 0) is 12.8 Å². The van der Waals surface area contributed by atoms with Gasteiger partial charge in [0.1, 0.15) is 0 Å². The lowest BCUT2D eigenvalue weighted by Crippen LogP contribution is -2.12. The largest absolute Gasteiger partial charge is 0.309 e. The van der Waals surface area contributed by atoms with E-state index in [2.05, 4.69) is 73.6 Å². The van der Waals surface area contributed by atoms with Gasteiger partial charge in [0.15, 0.2) is 0 Å². The number of fused-ring (bicyclic) bond motifs is 2. The lowest BCUT2D eigenvalue weighted by Gasteiger charge is -2.12. The monoisotopic (exact) mass is 319 g/mol. The number of hydrogen-bond donors (Lipinski definition) is 0. The Morgan fingerprint density at radius 1 is 0.792 bits per heavy atom. The van der Waals surface area contributed by atoms with E-state index < -0.39 is 0 Å². The minimum atomic E-state index is 1.15. The maximum absolute atomic E-state index is 2.48. The van der Waals surface area contributed by atoms with Crippen molar-refractivity contribution in [1.82, 2.24) is 4.90 Å². The Bertz CT molecular complexity index is 647. The standard InChI is InChI=1S/C23H29N/c1-24(2)18-10-4-3-5-15-23-21-13-8-6-11-19(21)16-17-20-12-7-9-14-22(20)23/h6-9,11-15H,3-5,10,16-18H2,1-2H3. The smallest absolute Gasteiger partial charge is 0.00248 e. The van der Waals surface area contributed by atoms with Gasteiger partial charge in [0.05, 0.1) is 0 Å². The van der Waals surface area contributed by atoms with Crippen molar-refractivity contribution in [1.29, 1.82) is 0 Å². The molecule has 0 atom stereocenters. The van der Waals surface area contributed by atoms with Crippen LogP contribution in [-0.4, -0.2) is 25.5 Å². The first-order valence-electron chi connectivity index (χ1n) is 9.27. The molecule has 0 bridgehead atoms. The molecule has 3 rings (SSSR count). The van der Waals surface area contributed by atoms with Gasteiger partial charge < -0.3 is 4.90 Å². The Balaban J connectivity index is 1.79. The molecule has 24 heavy (non-hydrogen) atoms. The van der Waals surface area contributed by atoms with E-state index in [0.717, 1.165) is 12.8 Å². The third-order valence-electron chi connectivity index (χ3n) is 4.94. The van der Waals surface area contributed by atoms with Gasteiger partial charge in [0, 0.05) is 0 Å². The van der Waals surface area contributed by atoms with Crippen molar-refractivity contribution >= 4 is 5.57 Å². The summed E-state index contributed by atoms with van der Waals surface area (Å²) in [7, 11) is 4.31. The molecule has 0 amide bonds. The lowest BCUT2D eigenvalue weighted by molar-refractivity contribution is 0.392. The molecule has 2 aromatic rings. The molecule has 2 aromatic carbocycles. The van der Waals surface area contributed by atoms with Crippen LogP contribution < -0.4 is 0 Å².